The molecule has 2 N–H and O–H groups in total. The van der Waals surface area contributed by atoms with Gasteiger partial charge in [-0.2, -0.15) is 4.72 Å². The fraction of sp³-hybridized carbons (Fsp3) is 0.316. The third kappa shape index (κ3) is 5.45. The van der Waals surface area contributed by atoms with Crippen molar-refractivity contribution in [3.8, 4) is 5.75 Å². The third-order valence-corrected chi connectivity index (χ3v) is 5.71. The highest BCUT2D eigenvalue weighted by Gasteiger charge is 2.23. The molecule has 1 atom stereocenters. The summed E-state index contributed by atoms with van der Waals surface area (Å²) in [5.41, 5.74) is 2.61. The van der Waals surface area contributed by atoms with Crippen LogP contribution in [-0.2, 0) is 14.8 Å². The molecular weight excluding hydrogens is 388 g/mol. The highest BCUT2D eigenvalue weighted by Crippen LogP contribution is 2.27. The largest absolute Gasteiger partial charge is 0.492 e. The molecular formula is C19H23ClN2O4S. The van der Waals surface area contributed by atoms with Crippen molar-refractivity contribution in [2.24, 2.45) is 0 Å². The Kier molecular flexibility index (Phi) is 6.86. The van der Waals surface area contributed by atoms with E-state index in [-0.39, 0.29) is 9.92 Å². The van der Waals surface area contributed by atoms with E-state index < -0.39 is 22.0 Å². The van der Waals surface area contributed by atoms with Crippen molar-refractivity contribution in [1.29, 1.82) is 0 Å². The molecule has 2 rings (SSSR count). The van der Waals surface area contributed by atoms with Gasteiger partial charge in [0, 0.05) is 5.69 Å². The van der Waals surface area contributed by atoms with Crippen molar-refractivity contribution in [2.75, 3.05) is 11.9 Å². The first-order valence-corrected chi connectivity index (χ1v) is 10.3. The Morgan fingerprint density at radius 1 is 1.19 bits per heavy atom. The van der Waals surface area contributed by atoms with E-state index in [0.29, 0.717) is 18.0 Å². The topological polar surface area (TPSA) is 84.5 Å². The van der Waals surface area contributed by atoms with Crippen LogP contribution in [0.3, 0.4) is 0 Å². The quantitative estimate of drug-likeness (QED) is 0.729. The number of ether oxygens (including phenoxy) is 1. The Balaban J connectivity index is 2.12. The molecule has 27 heavy (non-hydrogen) atoms. The monoisotopic (exact) mass is 410 g/mol. The van der Waals surface area contributed by atoms with E-state index in [9.17, 15) is 13.2 Å². The molecule has 0 aromatic heterocycles. The molecule has 0 aliphatic rings. The van der Waals surface area contributed by atoms with Crippen LogP contribution in [0.5, 0.6) is 5.75 Å². The summed E-state index contributed by atoms with van der Waals surface area (Å²) in [6, 6.07) is 8.79. The number of sulfonamides is 1. The van der Waals surface area contributed by atoms with E-state index in [1.54, 1.807) is 13.0 Å². The van der Waals surface area contributed by atoms with E-state index in [2.05, 4.69) is 10.0 Å². The number of hydrogen-bond acceptors (Lipinski definition) is 4. The number of nitrogens with one attached hydrogen (secondary N) is 2. The van der Waals surface area contributed by atoms with Crippen LogP contribution in [0.15, 0.2) is 41.3 Å². The lowest BCUT2D eigenvalue weighted by molar-refractivity contribution is -0.117. The molecule has 8 heteroatoms. The van der Waals surface area contributed by atoms with Crippen molar-refractivity contribution >= 4 is 33.2 Å². The summed E-state index contributed by atoms with van der Waals surface area (Å²) < 4.78 is 32.7. The first-order chi connectivity index (χ1) is 12.6. The van der Waals surface area contributed by atoms with Gasteiger partial charge in [-0.1, -0.05) is 29.3 Å². The maximum Gasteiger partial charge on any atom is 0.242 e. The summed E-state index contributed by atoms with van der Waals surface area (Å²) in [6.45, 7) is 7.53. The van der Waals surface area contributed by atoms with Crippen LogP contribution in [0, 0.1) is 13.8 Å². The highest BCUT2D eigenvalue weighted by molar-refractivity contribution is 7.89. The Morgan fingerprint density at radius 3 is 2.48 bits per heavy atom. The summed E-state index contributed by atoms with van der Waals surface area (Å²) in [7, 11) is -3.92. The fourth-order valence-electron chi connectivity index (χ4n) is 2.47. The minimum absolute atomic E-state index is 0.0397. The molecule has 0 heterocycles. The molecule has 1 amide bonds. The Hall–Kier alpha value is -2.09. The van der Waals surface area contributed by atoms with Crippen LogP contribution < -0.4 is 14.8 Å². The van der Waals surface area contributed by atoms with Gasteiger partial charge in [-0.15, -0.1) is 0 Å². The second kappa shape index (κ2) is 8.73. The molecule has 0 saturated heterocycles. The summed E-state index contributed by atoms with van der Waals surface area (Å²) in [5.74, 6) is -0.0543. The molecule has 0 aliphatic heterocycles. The standard InChI is InChI=1S/C19H23ClN2O4S/c1-5-26-18-9-7-15(11-16(18)20)27(24,25)22-14(4)19(23)21-17-8-6-12(2)10-13(17)3/h6-11,14,22H,5H2,1-4H3,(H,21,23)/t14-/m0/s1. The van der Waals surface area contributed by atoms with Crippen LogP contribution in [0.2, 0.25) is 5.02 Å². The molecule has 0 spiro atoms. The Morgan fingerprint density at radius 2 is 1.89 bits per heavy atom. The predicted molar refractivity (Wildman–Crippen MR) is 107 cm³/mol. The van der Waals surface area contributed by atoms with Gasteiger partial charge in [0.05, 0.1) is 22.6 Å². The van der Waals surface area contributed by atoms with E-state index in [1.165, 1.54) is 25.1 Å². The van der Waals surface area contributed by atoms with E-state index in [4.69, 9.17) is 16.3 Å². The lowest BCUT2D eigenvalue weighted by Gasteiger charge is -2.16. The predicted octanol–water partition coefficient (Wildman–Crippen LogP) is 3.66. The summed E-state index contributed by atoms with van der Waals surface area (Å²) in [6.07, 6.45) is 0. The molecule has 146 valence electrons. The van der Waals surface area contributed by atoms with E-state index >= 15 is 0 Å². The number of anilines is 1. The number of carbonyl (C=O) groups excluding carboxylic acids is 1. The smallest absolute Gasteiger partial charge is 0.242 e. The number of amides is 1. The Bertz CT molecular complexity index is 945. The highest BCUT2D eigenvalue weighted by atomic mass is 35.5. The van der Waals surface area contributed by atoms with Gasteiger partial charge in [0.15, 0.2) is 0 Å². The van der Waals surface area contributed by atoms with E-state index in [1.807, 2.05) is 26.0 Å². The minimum Gasteiger partial charge on any atom is -0.492 e. The third-order valence-electron chi connectivity index (χ3n) is 3.88. The number of benzene rings is 2. The SMILES string of the molecule is CCOc1ccc(S(=O)(=O)N[C@@H](C)C(=O)Nc2ccc(C)cc2C)cc1Cl. The van der Waals surface area contributed by atoms with Crippen LogP contribution >= 0.6 is 11.6 Å². The summed E-state index contributed by atoms with van der Waals surface area (Å²) in [4.78, 5) is 12.3. The summed E-state index contributed by atoms with van der Waals surface area (Å²) >= 11 is 6.05. The molecule has 0 aliphatic carbocycles. The molecule has 0 bridgehead atoms. The average molecular weight is 411 g/mol. The molecule has 0 saturated carbocycles. The van der Waals surface area contributed by atoms with Gasteiger partial charge in [-0.05, 0) is 57.5 Å². The first-order valence-electron chi connectivity index (χ1n) is 8.47. The molecule has 2 aromatic rings. The van der Waals surface area contributed by atoms with Crippen molar-refractivity contribution in [3.63, 3.8) is 0 Å². The van der Waals surface area contributed by atoms with E-state index in [0.717, 1.165) is 11.1 Å². The van der Waals surface area contributed by atoms with Gasteiger partial charge in [0.25, 0.3) is 0 Å². The normalized spacial score (nSPS) is 12.5. The van der Waals surface area contributed by atoms with Crippen LogP contribution in [-0.4, -0.2) is 27.0 Å². The summed E-state index contributed by atoms with van der Waals surface area (Å²) in [5, 5.41) is 2.92. The van der Waals surface area contributed by atoms with Gasteiger partial charge >= 0.3 is 0 Å². The number of aryl methyl sites for hydroxylation is 2. The van der Waals surface area contributed by atoms with Gasteiger partial charge in [0.1, 0.15) is 5.75 Å². The molecule has 6 nitrogen and oxygen atoms in total. The van der Waals surface area contributed by atoms with Gasteiger partial charge in [-0.3, -0.25) is 4.79 Å². The van der Waals surface area contributed by atoms with Crippen LogP contribution in [0.4, 0.5) is 5.69 Å². The van der Waals surface area contributed by atoms with Crippen molar-refractivity contribution in [3.05, 3.63) is 52.5 Å². The number of rotatable bonds is 7. The van der Waals surface area contributed by atoms with Gasteiger partial charge < -0.3 is 10.1 Å². The molecule has 0 fully saturated rings. The lowest BCUT2D eigenvalue weighted by Crippen LogP contribution is -2.41. The van der Waals surface area contributed by atoms with Crippen molar-refractivity contribution < 1.29 is 17.9 Å². The zero-order valence-corrected chi connectivity index (χ0v) is 17.2. The minimum atomic E-state index is -3.92. The van der Waals surface area contributed by atoms with Crippen LogP contribution in [0.25, 0.3) is 0 Å². The molecule has 0 radical (unpaired) electrons. The number of hydrogen-bond donors (Lipinski definition) is 2. The zero-order valence-electron chi connectivity index (χ0n) is 15.7. The zero-order chi connectivity index (χ0) is 20.2. The second-order valence-electron chi connectivity index (χ2n) is 6.18. The Labute approximate surface area is 164 Å². The number of carbonyl (C=O) groups is 1. The maximum atomic E-state index is 12.5. The number of halogens is 1. The van der Waals surface area contributed by atoms with Gasteiger partial charge in [0.2, 0.25) is 15.9 Å². The molecule has 2 aromatic carbocycles. The van der Waals surface area contributed by atoms with Crippen molar-refractivity contribution in [1.82, 2.24) is 4.72 Å². The van der Waals surface area contributed by atoms with Gasteiger partial charge in [-0.25, -0.2) is 8.42 Å². The molecule has 0 unspecified atom stereocenters. The average Bonchev–Trinajstić information content (AvgIpc) is 2.58. The second-order valence-corrected chi connectivity index (χ2v) is 8.30. The fourth-order valence-corrected chi connectivity index (χ4v) is 4.00. The first kappa shape index (κ1) is 21.2. The van der Waals surface area contributed by atoms with Crippen LogP contribution in [0.1, 0.15) is 25.0 Å². The van der Waals surface area contributed by atoms with Crippen molar-refractivity contribution in [2.45, 2.75) is 38.6 Å². The lowest BCUT2D eigenvalue weighted by atomic mass is 10.1. The maximum absolute atomic E-state index is 12.5.